The first-order chi connectivity index (χ1) is 7.72. The highest BCUT2D eigenvalue weighted by Gasteiger charge is 2.36. The van der Waals surface area contributed by atoms with Crippen LogP contribution in [0.3, 0.4) is 0 Å². The number of nitrogens with one attached hydrogen (secondary N) is 1. The number of aryl methyl sites for hydroxylation is 2. The summed E-state index contributed by atoms with van der Waals surface area (Å²) in [5.74, 6) is 1.71. The van der Waals surface area contributed by atoms with E-state index in [1.165, 1.54) is 6.42 Å². The molecule has 3 heterocycles. The molecule has 2 aliphatic rings. The van der Waals surface area contributed by atoms with Gasteiger partial charge in [0.05, 0.1) is 0 Å². The second kappa shape index (κ2) is 3.70. The van der Waals surface area contributed by atoms with Crippen LogP contribution in [-0.2, 0) is 0 Å². The standard InChI is InChI=1S/C12H18N4/c1-8-3-9(2)15-12(14-8)16-7-10-4-11(16)6-13-5-10/h3,10-11,13H,4-7H2,1-2H3. The highest BCUT2D eigenvalue weighted by atomic mass is 15.3. The third kappa shape index (κ3) is 1.67. The number of hydrogen-bond acceptors (Lipinski definition) is 4. The molecule has 0 spiro atoms. The topological polar surface area (TPSA) is 41.1 Å². The molecular weight excluding hydrogens is 200 g/mol. The van der Waals surface area contributed by atoms with Gasteiger partial charge >= 0.3 is 0 Å². The Morgan fingerprint density at radius 3 is 2.69 bits per heavy atom. The molecule has 4 heteroatoms. The molecule has 1 aromatic heterocycles. The molecular formula is C12H18N4. The maximum atomic E-state index is 4.56. The zero-order chi connectivity index (χ0) is 11.1. The number of hydrogen-bond donors (Lipinski definition) is 1. The molecule has 86 valence electrons. The smallest absolute Gasteiger partial charge is 0.226 e. The van der Waals surface area contributed by atoms with Crippen LogP contribution in [-0.4, -0.2) is 35.6 Å². The average molecular weight is 218 g/mol. The van der Waals surface area contributed by atoms with E-state index in [1.54, 1.807) is 0 Å². The Kier molecular flexibility index (Phi) is 2.32. The van der Waals surface area contributed by atoms with Crippen LogP contribution in [0.2, 0.25) is 0 Å². The lowest BCUT2D eigenvalue weighted by Gasteiger charge is -2.25. The number of fused-ring (bicyclic) bond motifs is 2. The van der Waals surface area contributed by atoms with E-state index in [0.717, 1.165) is 42.9 Å². The molecule has 0 radical (unpaired) electrons. The normalized spacial score (nSPS) is 28.5. The molecule has 0 aromatic carbocycles. The van der Waals surface area contributed by atoms with Crippen molar-refractivity contribution in [3.05, 3.63) is 17.5 Å². The summed E-state index contributed by atoms with van der Waals surface area (Å²) in [6.45, 7) is 7.42. The highest BCUT2D eigenvalue weighted by molar-refractivity contribution is 5.36. The molecule has 1 N–H and O–H groups in total. The summed E-state index contributed by atoms with van der Waals surface area (Å²) in [6, 6.07) is 2.63. The SMILES string of the molecule is Cc1cc(C)nc(N2CC3CNCC2C3)n1. The van der Waals surface area contributed by atoms with E-state index in [2.05, 4.69) is 20.2 Å². The number of nitrogens with zero attached hydrogens (tertiary/aromatic N) is 3. The minimum atomic E-state index is 0.597. The van der Waals surface area contributed by atoms with Crippen LogP contribution >= 0.6 is 0 Å². The maximum Gasteiger partial charge on any atom is 0.226 e. The Bertz CT molecular complexity index is 384. The minimum absolute atomic E-state index is 0.597. The monoisotopic (exact) mass is 218 g/mol. The van der Waals surface area contributed by atoms with E-state index >= 15 is 0 Å². The van der Waals surface area contributed by atoms with Crippen molar-refractivity contribution in [3.63, 3.8) is 0 Å². The number of piperidine rings is 1. The van der Waals surface area contributed by atoms with E-state index in [1.807, 2.05) is 19.9 Å². The van der Waals surface area contributed by atoms with E-state index in [-0.39, 0.29) is 0 Å². The summed E-state index contributed by atoms with van der Waals surface area (Å²) >= 11 is 0. The van der Waals surface area contributed by atoms with Gasteiger partial charge < -0.3 is 10.2 Å². The maximum absolute atomic E-state index is 4.56. The molecule has 16 heavy (non-hydrogen) atoms. The molecule has 2 fully saturated rings. The van der Waals surface area contributed by atoms with Crippen molar-refractivity contribution in [1.29, 1.82) is 0 Å². The third-order valence-corrected chi connectivity index (χ3v) is 3.54. The van der Waals surface area contributed by atoms with Gasteiger partial charge in [-0.2, -0.15) is 0 Å². The Morgan fingerprint density at radius 1 is 1.25 bits per heavy atom. The molecule has 4 nitrogen and oxygen atoms in total. The van der Waals surface area contributed by atoms with Crippen LogP contribution in [0.5, 0.6) is 0 Å². The summed E-state index contributed by atoms with van der Waals surface area (Å²) in [6.07, 6.45) is 1.29. The van der Waals surface area contributed by atoms with Gasteiger partial charge in [0, 0.05) is 30.5 Å². The molecule has 0 saturated carbocycles. The molecule has 2 atom stereocenters. The number of rotatable bonds is 1. The zero-order valence-electron chi connectivity index (χ0n) is 9.90. The second-order valence-electron chi connectivity index (χ2n) is 5.02. The molecule has 2 unspecified atom stereocenters. The van der Waals surface area contributed by atoms with Crippen molar-refractivity contribution in [1.82, 2.24) is 15.3 Å². The van der Waals surface area contributed by atoms with Crippen LogP contribution in [0.4, 0.5) is 5.95 Å². The van der Waals surface area contributed by atoms with E-state index in [9.17, 15) is 0 Å². The summed E-state index contributed by atoms with van der Waals surface area (Å²) in [5.41, 5.74) is 2.13. The lowest BCUT2D eigenvalue weighted by Crippen LogP contribution is -2.39. The van der Waals surface area contributed by atoms with Crippen LogP contribution in [0.15, 0.2) is 6.07 Å². The lowest BCUT2D eigenvalue weighted by molar-refractivity contribution is 0.433. The molecule has 0 aliphatic carbocycles. The van der Waals surface area contributed by atoms with Gasteiger partial charge in [0.25, 0.3) is 0 Å². The van der Waals surface area contributed by atoms with Gasteiger partial charge in [0.2, 0.25) is 5.95 Å². The molecule has 3 rings (SSSR count). The summed E-state index contributed by atoms with van der Waals surface area (Å²) in [7, 11) is 0. The number of anilines is 1. The third-order valence-electron chi connectivity index (χ3n) is 3.54. The zero-order valence-corrected chi connectivity index (χ0v) is 9.90. The first-order valence-electron chi connectivity index (χ1n) is 6.02. The fourth-order valence-electron chi connectivity index (χ4n) is 2.89. The molecule has 2 bridgehead atoms. The Labute approximate surface area is 96.1 Å². The van der Waals surface area contributed by atoms with Gasteiger partial charge in [-0.05, 0) is 38.8 Å². The van der Waals surface area contributed by atoms with Gasteiger partial charge in [-0.15, -0.1) is 0 Å². The minimum Gasteiger partial charge on any atom is -0.336 e. The first-order valence-corrected chi connectivity index (χ1v) is 6.02. The van der Waals surface area contributed by atoms with Crippen molar-refractivity contribution in [2.45, 2.75) is 26.3 Å². The Balaban J connectivity index is 1.91. The lowest BCUT2D eigenvalue weighted by atomic mass is 10.0. The van der Waals surface area contributed by atoms with Gasteiger partial charge in [-0.25, -0.2) is 9.97 Å². The van der Waals surface area contributed by atoms with Crippen molar-refractivity contribution < 1.29 is 0 Å². The van der Waals surface area contributed by atoms with Gasteiger partial charge in [0.15, 0.2) is 0 Å². The van der Waals surface area contributed by atoms with Crippen molar-refractivity contribution in [2.24, 2.45) is 5.92 Å². The van der Waals surface area contributed by atoms with Crippen molar-refractivity contribution in [2.75, 3.05) is 24.5 Å². The van der Waals surface area contributed by atoms with Crippen LogP contribution in [0.25, 0.3) is 0 Å². The Morgan fingerprint density at radius 2 is 2.00 bits per heavy atom. The molecule has 2 saturated heterocycles. The first kappa shape index (κ1) is 10.0. The van der Waals surface area contributed by atoms with E-state index in [4.69, 9.17) is 0 Å². The average Bonchev–Trinajstić information content (AvgIpc) is 2.52. The predicted molar refractivity (Wildman–Crippen MR) is 63.6 cm³/mol. The van der Waals surface area contributed by atoms with E-state index < -0.39 is 0 Å². The summed E-state index contributed by atoms with van der Waals surface area (Å²) < 4.78 is 0. The summed E-state index contributed by atoms with van der Waals surface area (Å²) in [4.78, 5) is 11.5. The summed E-state index contributed by atoms with van der Waals surface area (Å²) in [5, 5.41) is 3.48. The van der Waals surface area contributed by atoms with Crippen LogP contribution < -0.4 is 10.2 Å². The fourth-order valence-corrected chi connectivity index (χ4v) is 2.89. The fraction of sp³-hybridized carbons (Fsp3) is 0.667. The van der Waals surface area contributed by atoms with Crippen LogP contribution in [0, 0.1) is 19.8 Å². The molecule has 1 aromatic rings. The quantitative estimate of drug-likeness (QED) is 0.760. The van der Waals surface area contributed by atoms with Crippen molar-refractivity contribution in [3.8, 4) is 0 Å². The van der Waals surface area contributed by atoms with Crippen molar-refractivity contribution >= 4 is 5.95 Å². The van der Waals surface area contributed by atoms with Crippen LogP contribution in [0.1, 0.15) is 17.8 Å². The van der Waals surface area contributed by atoms with Gasteiger partial charge in [0.1, 0.15) is 0 Å². The van der Waals surface area contributed by atoms with Gasteiger partial charge in [-0.1, -0.05) is 0 Å². The number of aromatic nitrogens is 2. The van der Waals surface area contributed by atoms with E-state index in [0.29, 0.717) is 6.04 Å². The predicted octanol–water partition coefficient (Wildman–Crippen LogP) is 0.892. The molecule has 2 aliphatic heterocycles. The second-order valence-corrected chi connectivity index (χ2v) is 5.02. The van der Waals surface area contributed by atoms with Gasteiger partial charge in [-0.3, -0.25) is 0 Å². The highest BCUT2D eigenvalue weighted by Crippen LogP contribution is 2.28. The largest absolute Gasteiger partial charge is 0.336 e. The Hall–Kier alpha value is -1.16. The molecule has 0 amide bonds.